The van der Waals surface area contributed by atoms with Crippen LogP contribution in [0.5, 0.6) is 5.75 Å². The van der Waals surface area contributed by atoms with E-state index in [1.807, 2.05) is 41.3 Å². The lowest BCUT2D eigenvalue weighted by molar-refractivity contribution is -0.137. The van der Waals surface area contributed by atoms with Crippen molar-refractivity contribution in [3.8, 4) is 5.75 Å². The second kappa shape index (κ2) is 8.36. The highest BCUT2D eigenvalue weighted by Crippen LogP contribution is 2.23. The molecule has 0 spiro atoms. The highest BCUT2D eigenvalue weighted by molar-refractivity contribution is 5.85. The summed E-state index contributed by atoms with van der Waals surface area (Å²) in [5.74, 6) is 1.39. The first-order valence-corrected chi connectivity index (χ1v) is 8.28. The molecule has 1 heterocycles. The van der Waals surface area contributed by atoms with Crippen LogP contribution in [0.15, 0.2) is 42.5 Å². The van der Waals surface area contributed by atoms with E-state index in [-0.39, 0.29) is 31.0 Å². The lowest BCUT2D eigenvalue weighted by Gasteiger charge is -2.37. The summed E-state index contributed by atoms with van der Waals surface area (Å²) >= 11 is 0. The number of likely N-dealkylation sites (tertiary alicyclic amines) is 1. The van der Waals surface area contributed by atoms with Crippen molar-refractivity contribution in [2.45, 2.75) is 25.8 Å². The fourth-order valence-electron chi connectivity index (χ4n) is 3.29. The molecule has 1 amide bonds. The Bertz CT molecular complexity index is 692. The lowest BCUT2D eigenvalue weighted by atomic mass is 9.92. The molecule has 1 aliphatic rings. The Morgan fingerprint density at radius 2 is 2.00 bits per heavy atom. The van der Waals surface area contributed by atoms with Gasteiger partial charge in [0.2, 0.25) is 0 Å². The summed E-state index contributed by atoms with van der Waals surface area (Å²) in [5.41, 5.74) is 5.83. The largest absolute Gasteiger partial charge is 0.484 e. The maximum absolute atomic E-state index is 12.5. The number of nitrogens with zero attached hydrogens (tertiary/aromatic N) is 1. The molecule has 1 saturated heterocycles. The third kappa shape index (κ3) is 4.19. The highest BCUT2D eigenvalue weighted by atomic mass is 35.5. The number of carbonyl (C=O) groups is 1. The van der Waals surface area contributed by atoms with E-state index in [4.69, 9.17) is 10.5 Å². The molecule has 2 aromatic rings. The number of hydrogen-bond donors (Lipinski definition) is 1. The second-order valence-corrected chi connectivity index (χ2v) is 6.40. The summed E-state index contributed by atoms with van der Waals surface area (Å²) in [6.07, 6.45) is 2.02. The lowest BCUT2D eigenvalue weighted by Crippen LogP contribution is -2.50. The minimum absolute atomic E-state index is 0. The molecule has 1 aliphatic heterocycles. The van der Waals surface area contributed by atoms with Crippen molar-refractivity contribution in [3.63, 3.8) is 0 Å². The molecular formula is C19H25ClN2O2. The summed E-state index contributed by atoms with van der Waals surface area (Å²) < 4.78 is 5.72. The number of rotatable bonds is 4. The SMILES string of the molecule is CC1CCN(C(=O)COc2ccc3ccccc3c2)C(CN)C1.Cl. The van der Waals surface area contributed by atoms with E-state index < -0.39 is 0 Å². The van der Waals surface area contributed by atoms with E-state index >= 15 is 0 Å². The zero-order chi connectivity index (χ0) is 16.2. The van der Waals surface area contributed by atoms with E-state index in [1.165, 1.54) is 5.39 Å². The van der Waals surface area contributed by atoms with Gasteiger partial charge in [0.1, 0.15) is 5.75 Å². The van der Waals surface area contributed by atoms with Crippen LogP contribution in [-0.4, -0.2) is 36.5 Å². The molecule has 5 heteroatoms. The third-order valence-electron chi connectivity index (χ3n) is 4.65. The quantitative estimate of drug-likeness (QED) is 0.922. The fraction of sp³-hybridized carbons (Fsp3) is 0.421. The Labute approximate surface area is 149 Å². The van der Waals surface area contributed by atoms with E-state index in [2.05, 4.69) is 13.0 Å². The van der Waals surface area contributed by atoms with Gasteiger partial charge in [-0.15, -0.1) is 12.4 Å². The van der Waals surface area contributed by atoms with Gasteiger partial charge in [0.15, 0.2) is 6.61 Å². The molecule has 2 aromatic carbocycles. The summed E-state index contributed by atoms with van der Waals surface area (Å²) in [7, 11) is 0. The molecule has 4 nitrogen and oxygen atoms in total. The number of hydrogen-bond acceptors (Lipinski definition) is 3. The zero-order valence-corrected chi connectivity index (χ0v) is 14.8. The van der Waals surface area contributed by atoms with Crippen molar-refractivity contribution in [1.29, 1.82) is 0 Å². The molecule has 24 heavy (non-hydrogen) atoms. The average Bonchev–Trinajstić information content (AvgIpc) is 2.59. The van der Waals surface area contributed by atoms with Crippen LogP contribution < -0.4 is 10.5 Å². The Morgan fingerprint density at radius 3 is 2.75 bits per heavy atom. The van der Waals surface area contributed by atoms with Crippen LogP contribution in [0, 0.1) is 5.92 Å². The predicted octanol–water partition coefficient (Wildman–Crippen LogP) is 3.23. The number of benzene rings is 2. The minimum Gasteiger partial charge on any atom is -0.484 e. The average molecular weight is 349 g/mol. The Kier molecular flexibility index (Phi) is 6.46. The molecule has 0 aliphatic carbocycles. The maximum atomic E-state index is 12.5. The minimum atomic E-state index is 0. The number of carbonyl (C=O) groups excluding carboxylic acids is 1. The molecule has 0 aromatic heterocycles. The zero-order valence-electron chi connectivity index (χ0n) is 14.0. The van der Waals surface area contributed by atoms with Gasteiger partial charge < -0.3 is 15.4 Å². The first-order valence-electron chi connectivity index (χ1n) is 8.28. The third-order valence-corrected chi connectivity index (χ3v) is 4.65. The van der Waals surface area contributed by atoms with Gasteiger partial charge in [-0.1, -0.05) is 37.3 Å². The van der Waals surface area contributed by atoms with Crippen LogP contribution >= 0.6 is 12.4 Å². The molecule has 2 atom stereocenters. The number of amides is 1. The van der Waals surface area contributed by atoms with E-state index in [1.54, 1.807) is 0 Å². The van der Waals surface area contributed by atoms with Gasteiger partial charge in [-0.3, -0.25) is 4.79 Å². The standard InChI is InChI=1S/C19H24N2O2.ClH/c1-14-8-9-21(17(10-14)12-20)19(22)13-23-18-7-6-15-4-2-3-5-16(15)11-18;/h2-7,11,14,17H,8-10,12-13,20H2,1H3;1H. The predicted molar refractivity (Wildman–Crippen MR) is 99.6 cm³/mol. The van der Waals surface area contributed by atoms with Crippen LogP contribution in [0.4, 0.5) is 0 Å². The Hall–Kier alpha value is -1.78. The van der Waals surface area contributed by atoms with Crippen molar-refractivity contribution in [2.75, 3.05) is 19.7 Å². The van der Waals surface area contributed by atoms with E-state index in [0.29, 0.717) is 12.5 Å². The summed E-state index contributed by atoms with van der Waals surface area (Å²) in [5, 5.41) is 2.28. The monoisotopic (exact) mass is 348 g/mol. The summed E-state index contributed by atoms with van der Waals surface area (Å²) in [6.45, 7) is 3.59. The maximum Gasteiger partial charge on any atom is 0.260 e. The molecule has 1 fully saturated rings. The molecule has 0 bridgehead atoms. The smallest absolute Gasteiger partial charge is 0.260 e. The van der Waals surface area contributed by atoms with Crippen LogP contribution in [0.3, 0.4) is 0 Å². The van der Waals surface area contributed by atoms with E-state index in [9.17, 15) is 4.79 Å². The van der Waals surface area contributed by atoms with Gasteiger partial charge in [-0.25, -0.2) is 0 Å². The van der Waals surface area contributed by atoms with Crippen molar-refractivity contribution in [3.05, 3.63) is 42.5 Å². The molecule has 130 valence electrons. The number of nitrogens with two attached hydrogens (primary N) is 1. The van der Waals surface area contributed by atoms with Gasteiger partial charge in [0.25, 0.3) is 5.91 Å². The Morgan fingerprint density at radius 1 is 1.25 bits per heavy atom. The van der Waals surface area contributed by atoms with Crippen molar-refractivity contribution in [1.82, 2.24) is 4.90 Å². The second-order valence-electron chi connectivity index (χ2n) is 6.40. The topological polar surface area (TPSA) is 55.6 Å². The molecule has 0 radical (unpaired) electrons. The molecule has 0 saturated carbocycles. The number of halogens is 1. The van der Waals surface area contributed by atoms with Crippen LogP contribution in [0.25, 0.3) is 10.8 Å². The summed E-state index contributed by atoms with van der Waals surface area (Å²) in [6, 6.07) is 14.2. The first-order chi connectivity index (χ1) is 11.2. The summed E-state index contributed by atoms with van der Waals surface area (Å²) in [4.78, 5) is 14.3. The number of piperidine rings is 1. The van der Waals surface area contributed by atoms with Crippen molar-refractivity contribution < 1.29 is 9.53 Å². The molecule has 2 unspecified atom stereocenters. The van der Waals surface area contributed by atoms with Gasteiger partial charge in [0.05, 0.1) is 0 Å². The van der Waals surface area contributed by atoms with Gasteiger partial charge in [-0.2, -0.15) is 0 Å². The Balaban J connectivity index is 0.00000208. The normalized spacial score (nSPS) is 20.5. The number of fused-ring (bicyclic) bond motifs is 1. The van der Waals surface area contributed by atoms with Crippen molar-refractivity contribution >= 4 is 29.1 Å². The fourth-order valence-corrected chi connectivity index (χ4v) is 3.29. The van der Waals surface area contributed by atoms with Gasteiger partial charge in [0, 0.05) is 19.1 Å². The highest BCUT2D eigenvalue weighted by Gasteiger charge is 2.28. The molecule has 3 rings (SSSR count). The van der Waals surface area contributed by atoms with Crippen LogP contribution in [0.1, 0.15) is 19.8 Å². The van der Waals surface area contributed by atoms with Crippen LogP contribution in [-0.2, 0) is 4.79 Å². The van der Waals surface area contributed by atoms with Gasteiger partial charge >= 0.3 is 0 Å². The van der Waals surface area contributed by atoms with Crippen molar-refractivity contribution in [2.24, 2.45) is 11.7 Å². The van der Waals surface area contributed by atoms with E-state index in [0.717, 1.165) is 30.5 Å². The molecule has 2 N–H and O–H groups in total. The van der Waals surface area contributed by atoms with Crippen LogP contribution in [0.2, 0.25) is 0 Å². The molecular weight excluding hydrogens is 324 g/mol. The first kappa shape index (κ1) is 18.6. The van der Waals surface area contributed by atoms with Gasteiger partial charge in [-0.05, 0) is 41.7 Å². The number of ether oxygens (including phenoxy) is 1.